The number of nitrogens with zero attached hydrogens (tertiary/aromatic N) is 1. The van der Waals surface area contributed by atoms with E-state index in [4.69, 9.17) is 11.6 Å². The molecule has 1 fully saturated rings. The first-order valence-electron chi connectivity index (χ1n) is 6.58. The van der Waals surface area contributed by atoms with Crippen molar-refractivity contribution in [3.63, 3.8) is 0 Å². The quantitative estimate of drug-likeness (QED) is 0.748. The van der Waals surface area contributed by atoms with Gasteiger partial charge in [0.05, 0.1) is 5.38 Å². The zero-order valence-electron chi connectivity index (χ0n) is 11.0. The third-order valence-corrected chi connectivity index (χ3v) is 4.35. The van der Waals surface area contributed by atoms with Crippen molar-refractivity contribution >= 4 is 17.5 Å². The molecule has 0 heterocycles. The number of alkyl halides is 1. The summed E-state index contributed by atoms with van der Waals surface area (Å²) in [7, 11) is 1.88. The van der Waals surface area contributed by atoms with Crippen LogP contribution in [0.2, 0.25) is 0 Å². The van der Waals surface area contributed by atoms with Gasteiger partial charge in [0.25, 0.3) is 5.91 Å². The fourth-order valence-electron chi connectivity index (χ4n) is 2.66. The van der Waals surface area contributed by atoms with Crippen LogP contribution in [0.15, 0.2) is 24.3 Å². The van der Waals surface area contributed by atoms with Crippen LogP contribution < -0.4 is 0 Å². The van der Waals surface area contributed by atoms with Gasteiger partial charge in [0.2, 0.25) is 0 Å². The number of benzene rings is 1. The Kier molecular flexibility index (Phi) is 4.28. The van der Waals surface area contributed by atoms with E-state index in [2.05, 4.69) is 0 Å². The third kappa shape index (κ3) is 2.69. The van der Waals surface area contributed by atoms with E-state index in [0.29, 0.717) is 0 Å². The fraction of sp³-hybridized carbons (Fsp3) is 0.533. The summed E-state index contributed by atoms with van der Waals surface area (Å²) in [5.74, 6) is 0.0886. The van der Waals surface area contributed by atoms with E-state index in [1.165, 1.54) is 12.8 Å². The van der Waals surface area contributed by atoms with Crippen molar-refractivity contribution in [1.29, 1.82) is 0 Å². The molecule has 1 aromatic carbocycles. The van der Waals surface area contributed by atoms with Gasteiger partial charge in [-0.25, -0.2) is 0 Å². The molecule has 2 rings (SSSR count). The standard InChI is InChI=1S/C15H20ClNO/c1-11-7-3-4-8-12(11)15(18)17(2)14-10-6-5-9-13(14)16/h3-4,7-8,13-14H,5-6,9-10H2,1-2H3. The van der Waals surface area contributed by atoms with Crippen molar-refractivity contribution in [2.45, 2.75) is 44.0 Å². The Hall–Kier alpha value is -1.02. The maximum atomic E-state index is 12.5. The van der Waals surface area contributed by atoms with Crippen molar-refractivity contribution < 1.29 is 4.79 Å². The van der Waals surface area contributed by atoms with Crippen molar-refractivity contribution in [3.05, 3.63) is 35.4 Å². The first-order valence-corrected chi connectivity index (χ1v) is 7.01. The maximum absolute atomic E-state index is 12.5. The lowest BCUT2D eigenvalue weighted by atomic mass is 9.93. The number of hydrogen-bond donors (Lipinski definition) is 0. The molecule has 1 aliphatic rings. The highest BCUT2D eigenvalue weighted by atomic mass is 35.5. The van der Waals surface area contributed by atoms with Crippen molar-refractivity contribution in [3.8, 4) is 0 Å². The number of carbonyl (C=O) groups is 1. The molecule has 0 N–H and O–H groups in total. The molecule has 0 bridgehead atoms. The van der Waals surface area contributed by atoms with Crippen LogP contribution in [0.3, 0.4) is 0 Å². The predicted molar refractivity (Wildman–Crippen MR) is 75.2 cm³/mol. The zero-order valence-corrected chi connectivity index (χ0v) is 11.8. The van der Waals surface area contributed by atoms with Gasteiger partial charge < -0.3 is 4.90 Å². The highest BCUT2D eigenvalue weighted by Crippen LogP contribution is 2.27. The van der Waals surface area contributed by atoms with E-state index in [9.17, 15) is 4.79 Å². The number of hydrogen-bond acceptors (Lipinski definition) is 1. The van der Waals surface area contributed by atoms with E-state index in [1.807, 2.05) is 43.1 Å². The molecule has 1 aliphatic carbocycles. The van der Waals surface area contributed by atoms with Gasteiger partial charge in [-0.3, -0.25) is 4.79 Å². The fourth-order valence-corrected chi connectivity index (χ4v) is 3.11. The van der Waals surface area contributed by atoms with Gasteiger partial charge in [0.1, 0.15) is 0 Å². The van der Waals surface area contributed by atoms with Gasteiger partial charge in [-0.05, 0) is 31.4 Å². The van der Waals surface area contributed by atoms with Crippen LogP contribution in [-0.2, 0) is 0 Å². The lowest BCUT2D eigenvalue weighted by Crippen LogP contribution is -2.44. The molecule has 0 aromatic heterocycles. The summed E-state index contributed by atoms with van der Waals surface area (Å²) in [5, 5.41) is 0.0942. The molecular formula is C15H20ClNO. The third-order valence-electron chi connectivity index (χ3n) is 3.84. The van der Waals surface area contributed by atoms with Gasteiger partial charge >= 0.3 is 0 Å². The van der Waals surface area contributed by atoms with Crippen LogP contribution in [0.5, 0.6) is 0 Å². The largest absolute Gasteiger partial charge is 0.337 e. The smallest absolute Gasteiger partial charge is 0.254 e. The molecule has 1 saturated carbocycles. The second-order valence-corrected chi connectivity index (χ2v) is 5.66. The van der Waals surface area contributed by atoms with Gasteiger partial charge in [0.15, 0.2) is 0 Å². The molecule has 0 spiro atoms. The predicted octanol–water partition coefficient (Wildman–Crippen LogP) is 3.62. The summed E-state index contributed by atoms with van der Waals surface area (Å²) < 4.78 is 0. The van der Waals surface area contributed by atoms with Crippen LogP contribution in [0.1, 0.15) is 41.6 Å². The Bertz CT molecular complexity index is 432. The Morgan fingerprint density at radius 1 is 1.28 bits per heavy atom. The van der Waals surface area contributed by atoms with Gasteiger partial charge in [-0.2, -0.15) is 0 Å². The Balaban J connectivity index is 2.16. The van der Waals surface area contributed by atoms with Gasteiger partial charge in [0, 0.05) is 18.7 Å². The number of aryl methyl sites for hydroxylation is 1. The molecule has 1 amide bonds. The van der Waals surface area contributed by atoms with Crippen LogP contribution in [0.25, 0.3) is 0 Å². The van der Waals surface area contributed by atoms with Gasteiger partial charge in [-0.15, -0.1) is 11.6 Å². The molecule has 2 unspecified atom stereocenters. The molecule has 1 aromatic rings. The molecule has 98 valence electrons. The highest BCUT2D eigenvalue weighted by molar-refractivity contribution is 6.21. The Morgan fingerprint density at radius 2 is 1.94 bits per heavy atom. The van der Waals surface area contributed by atoms with Crippen LogP contribution in [0, 0.1) is 6.92 Å². The second-order valence-electron chi connectivity index (χ2n) is 5.10. The average Bonchev–Trinajstić information content (AvgIpc) is 2.38. The minimum absolute atomic E-state index is 0.0886. The summed E-state index contributed by atoms with van der Waals surface area (Å²) in [4.78, 5) is 14.3. The molecule has 2 atom stereocenters. The number of halogens is 1. The van der Waals surface area contributed by atoms with Crippen molar-refractivity contribution in [2.24, 2.45) is 0 Å². The maximum Gasteiger partial charge on any atom is 0.254 e. The van der Waals surface area contributed by atoms with Crippen LogP contribution in [-0.4, -0.2) is 29.3 Å². The molecule has 0 radical (unpaired) electrons. The van der Waals surface area contributed by atoms with E-state index in [0.717, 1.165) is 24.0 Å². The molecule has 3 heteroatoms. The first-order chi connectivity index (χ1) is 8.61. The van der Waals surface area contributed by atoms with Crippen LogP contribution in [0.4, 0.5) is 0 Å². The average molecular weight is 266 g/mol. The summed E-state index contributed by atoms with van der Waals surface area (Å²) in [6, 6.07) is 7.90. The van der Waals surface area contributed by atoms with Crippen LogP contribution >= 0.6 is 11.6 Å². The monoisotopic (exact) mass is 265 g/mol. The minimum Gasteiger partial charge on any atom is -0.337 e. The lowest BCUT2D eigenvalue weighted by molar-refractivity contribution is 0.0699. The van der Waals surface area contributed by atoms with E-state index >= 15 is 0 Å². The van der Waals surface area contributed by atoms with E-state index in [1.54, 1.807) is 0 Å². The summed E-state index contributed by atoms with van der Waals surface area (Å²) in [6.07, 6.45) is 4.37. The normalized spacial score (nSPS) is 23.7. The molecule has 0 saturated heterocycles. The molecule has 18 heavy (non-hydrogen) atoms. The van der Waals surface area contributed by atoms with Gasteiger partial charge in [-0.1, -0.05) is 31.0 Å². The Morgan fingerprint density at radius 3 is 2.61 bits per heavy atom. The van der Waals surface area contributed by atoms with E-state index in [-0.39, 0.29) is 17.3 Å². The molecular weight excluding hydrogens is 246 g/mol. The van der Waals surface area contributed by atoms with Crippen molar-refractivity contribution in [1.82, 2.24) is 4.90 Å². The second kappa shape index (κ2) is 5.75. The zero-order chi connectivity index (χ0) is 13.1. The summed E-state index contributed by atoms with van der Waals surface area (Å²) in [5.41, 5.74) is 1.81. The number of rotatable bonds is 2. The summed E-state index contributed by atoms with van der Waals surface area (Å²) >= 11 is 6.35. The Labute approximate surface area is 114 Å². The SMILES string of the molecule is Cc1ccccc1C(=O)N(C)C1CCCCC1Cl. The van der Waals surface area contributed by atoms with Crippen molar-refractivity contribution in [2.75, 3.05) is 7.05 Å². The minimum atomic E-state index is 0.0886. The topological polar surface area (TPSA) is 20.3 Å². The van der Waals surface area contributed by atoms with E-state index < -0.39 is 0 Å². The summed E-state index contributed by atoms with van der Waals surface area (Å²) in [6.45, 7) is 1.97. The number of amides is 1. The highest BCUT2D eigenvalue weighted by Gasteiger charge is 2.30. The lowest BCUT2D eigenvalue weighted by Gasteiger charge is -2.35. The molecule has 0 aliphatic heterocycles. The first kappa shape index (κ1) is 13.4. The number of carbonyl (C=O) groups excluding carboxylic acids is 1. The molecule has 2 nitrogen and oxygen atoms in total.